The lowest BCUT2D eigenvalue weighted by Crippen LogP contribution is -2.41. The van der Waals surface area contributed by atoms with E-state index in [-0.39, 0.29) is 5.92 Å². The number of carbonyl (C=O) groups is 1. The van der Waals surface area contributed by atoms with Crippen molar-refractivity contribution < 1.29 is 18.8 Å². The van der Waals surface area contributed by atoms with Gasteiger partial charge in [-0.25, -0.2) is 4.79 Å². The number of aromatic nitrogens is 2. The first-order valence-electron chi connectivity index (χ1n) is 9.83. The Balaban J connectivity index is 2.07. The molecule has 0 aliphatic carbocycles. The van der Waals surface area contributed by atoms with Gasteiger partial charge < -0.3 is 14.0 Å². The molecule has 152 valence electrons. The van der Waals surface area contributed by atoms with E-state index in [4.69, 9.17) is 14.0 Å². The molecule has 0 atom stereocenters. The monoisotopic (exact) mass is 386 g/mol. The normalized spacial score (nSPS) is 18.9. The third-order valence-electron chi connectivity index (χ3n) is 5.37. The van der Waals surface area contributed by atoms with E-state index in [0.29, 0.717) is 5.52 Å². The number of fused-ring (bicyclic) bond motifs is 1. The molecule has 6 nitrogen and oxygen atoms in total. The van der Waals surface area contributed by atoms with Crippen molar-refractivity contribution in [1.29, 1.82) is 0 Å². The molecule has 1 fully saturated rings. The summed E-state index contributed by atoms with van der Waals surface area (Å²) >= 11 is 0. The fourth-order valence-electron chi connectivity index (χ4n) is 3.15. The molecule has 3 rings (SSSR count). The van der Waals surface area contributed by atoms with Gasteiger partial charge >= 0.3 is 13.2 Å². The van der Waals surface area contributed by atoms with E-state index in [0.717, 1.165) is 16.5 Å². The van der Waals surface area contributed by atoms with Gasteiger partial charge in [0.25, 0.3) is 0 Å². The van der Waals surface area contributed by atoms with Gasteiger partial charge in [0.15, 0.2) is 0 Å². The minimum atomic E-state index is -0.601. The summed E-state index contributed by atoms with van der Waals surface area (Å²) in [6.45, 7) is 17.7. The molecule has 1 aliphatic heterocycles. The predicted molar refractivity (Wildman–Crippen MR) is 111 cm³/mol. The van der Waals surface area contributed by atoms with Crippen LogP contribution in [0.5, 0.6) is 0 Å². The van der Waals surface area contributed by atoms with Crippen molar-refractivity contribution in [3.05, 3.63) is 23.9 Å². The third-order valence-corrected chi connectivity index (χ3v) is 5.37. The van der Waals surface area contributed by atoms with Gasteiger partial charge in [0, 0.05) is 5.39 Å². The van der Waals surface area contributed by atoms with Crippen LogP contribution in [0.2, 0.25) is 0 Å². The van der Waals surface area contributed by atoms with Crippen LogP contribution in [0, 0.1) is 0 Å². The Morgan fingerprint density at radius 3 is 2.21 bits per heavy atom. The highest BCUT2D eigenvalue weighted by atomic mass is 16.7. The Morgan fingerprint density at radius 1 is 1.14 bits per heavy atom. The summed E-state index contributed by atoms with van der Waals surface area (Å²) in [6.07, 6.45) is -0.490. The van der Waals surface area contributed by atoms with Crippen LogP contribution in [0.25, 0.3) is 10.9 Å². The number of hydrogen-bond acceptors (Lipinski definition) is 5. The SMILES string of the molecule is CC(C)c1nn(C(=O)OC(C)(C)C)c2cc(B3OC(C)(C)C(C)(C)O3)ccc12. The van der Waals surface area contributed by atoms with Crippen molar-refractivity contribution >= 4 is 29.6 Å². The third kappa shape index (κ3) is 3.70. The van der Waals surface area contributed by atoms with Crippen molar-refractivity contribution in [3.63, 3.8) is 0 Å². The lowest BCUT2D eigenvalue weighted by molar-refractivity contribution is 0.00578. The molecule has 0 N–H and O–H groups in total. The van der Waals surface area contributed by atoms with Gasteiger partial charge in [-0.15, -0.1) is 0 Å². The Morgan fingerprint density at radius 2 is 1.71 bits per heavy atom. The second-order valence-electron chi connectivity index (χ2n) is 9.80. The summed E-state index contributed by atoms with van der Waals surface area (Å²) in [5.41, 5.74) is 0.955. The summed E-state index contributed by atoms with van der Waals surface area (Å²) in [4.78, 5) is 12.8. The Labute approximate surface area is 167 Å². The van der Waals surface area contributed by atoms with Crippen LogP contribution in [0.1, 0.15) is 73.9 Å². The van der Waals surface area contributed by atoms with Gasteiger partial charge in [-0.2, -0.15) is 9.78 Å². The lowest BCUT2D eigenvalue weighted by Gasteiger charge is -2.32. The average Bonchev–Trinajstić information content (AvgIpc) is 3.00. The lowest BCUT2D eigenvalue weighted by atomic mass is 9.78. The van der Waals surface area contributed by atoms with Crippen molar-refractivity contribution in [3.8, 4) is 0 Å². The maximum atomic E-state index is 12.8. The van der Waals surface area contributed by atoms with Gasteiger partial charge in [0.2, 0.25) is 0 Å². The number of nitrogens with zero attached hydrogens (tertiary/aromatic N) is 2. The molecule has 1 aromatic heterocycles. The molecule has 0 spiro atoms. The first kappa shape index (κ1) is 20.9. The minimum Gasteiger partial charge on any atom is -0.442 e. The van der Waals surface area contributed by atoms with E-state index in [2.05, 4.69) is 18.9 Å². The van der Waals surface area contributed by atoms with E-state index < -0.39 is 30.0 Å². The molecule has 2 aromatic rings. The van der Waals surface area contributed by atoms with Crippen molar-refractivity contribution in [2.24, 2.45) is 0 Å². The zero-order chi connectivity index (χ0) is 21.1. The highest BCUT2D eigenvalue weighted by Gasteiger charge is 2.51. The van der Waals surface area contributed by atoms with E-state index in [9.17, 15) is 4.79 Å². The molecule has 0 saturated carbocycles. The first-order valence-corrected chi connectivity index (χ1v) is 9.83. The maximum absolute atomic E-state index is 12.8. The standard InChI is InChI=1S/C21H31BN2O4/c1-13(2)17-15-11-10-14(22-27-20(6,7)21(8,9)28-22)12-16(15)24(23-17)18(25)26-19(3,4)5/h10-13H,1-9H3. The number of rotatable bonds is 2. The van der Waals surface area contributed by atoms with Crippen molar-refractivity contribution in [2.45, 2.75) is 85.0 Å². The second kappa shape index (κ2) is 6.60. The van der Waals surface area contributed by atoms with Crippen LogP contribution >= 0.6 is 0 Å². The van der Waals surface area contributed by atoms with Crippen LogP contribution in [-0.2, 0) is 14.0 Å². The van der Waals surface area contributed by atoms with Crippen LogP contribution in [-0.4, -0.2) is 39.8 Å². The van der Waals surface area contributed by atoms with E-state index in [1.807, 2.05) is 66.7 Å². The number of ether oxygens (including phenoxy) is 1. The topological polar surface area (TPSA) is 62.6 Å². The maximum Gasteiger partial charge on any atom is 0.494 e. The highest BCUT2D eigenvalue weighted by Crippen LogP contribution is 2.37. The molecule has 2 heterocycles. The smallest absolute Gasteiger partial charge is 0.442 e. The zero-order valence-electron chi connectivity index (χ0n) is 18.4. The number of hydrogen-bond donors (Lipinski definition) is 0. The molecule has 1 saturated heterocycles. The number of carbonyl (C=O) groups excluding carboxylic acids is 1. The second-order valence-corrected chi connectivity index (χ2v) is 9.80. The molecule has 0 bridgehead atoms. The summed E-state index contributed by atoms with van der Waals surface area (Å²) in [5, 5.41) is 5.49. The summed E-state index contributed by atoms with van der Waals surface area (Å²) in [5.74, 6) is 0.175. The predicted octanol–water partition coefficient (Wildman–Crippen LogP) is 4.24. The molecular weight excluding hydrogens is 355 g/mol. The minimum absolute atomic E-state index is 0.175. The molecule has 7 heteroatoms. The Hall–Kier alpha value is -1.86. The fourth-order valence-corrected chi connectivity index (χ4v) is 3.15. The molecule has 28 heavy (non-hydrogen) atoms. The van der Waals surface area contributed by atoms with E-state index >= 15 is 0 Å². The van der Waals surface area contributed by atoms with Gasteiger partial charge in [0.1, 0.15) is 5.60 Å². The van der Waals surface area contributed by atoms with Gasteiger partial charge in [-0.1, -0.05) is 26.0 Å². The molecule has 0 radical (unpaired) electrons. The summed E-state index contributed by atoms with van der Waals surface area (Å²) in [6, 6.07) is 5.89. The van der Waals surface area contributed by atoms with Crippen molar-refractivity contribution in [1.82, 2.24) is 9.78 Å². The van der Waals surface area contributed by atoms with Crippen molar-refractivity contribution in [2.75, 3.05) is 0 Å². The highest BCUT2D eigenvalue weighted by molar-refractivity contribution is 6.62. The molecule has 0 amide bonds. The van der Waals surface area contributed by atoms with E-state index in [1.165, 1.54) is 4.68 Å². The largest absolute Gasteiger partial charge is 0.494 e. The fraction of sp³-hybridized carbons (Fsp3) is 0.619. The van der Waals surface area contributed by atoms with E-state index in [1.54, 1.807) is 0 Å². The molecule has 1 aliphatic rings. The van der Waals surface area contributed by atoms with Crippen LogP contribution in [0.15, 0.2) is 18.2 Å². The van der Waals surface area contributed by atoms with Gasteiger partial charge in [-0.3, -0.25) is 0 Å². The van der Waals surface area contributed by atoms with Gasteiger partial charge in [0.05, 0.1) is 22.4 Å². The quantitative estimate of drug-likeness (QED) is 0.723. The molecule has 0 unspecified atom stereocenters. The molecular formula is C21H31BN2O4. The van der Waals surface area contributed by atoms with Crippen LogP contribution < -0.4 is 5.46 Å². The average molecular weight is 386 g/mol. The summed E-state index contributed by atoms with van der Waals surface area (Å²) < 4.78 is 19.2. The Bertz CT molecular complexity index is 893. The first-order chi connectivity index (χ1) is 12.7. The summed E-state index contributed by atoms with van der Waals surface area (Å²) in [7, 11) is -0.501. The molecule has 1 aromatic carbocycles. The number of benzene rings is 1. The van der Waals surface area contributed by atoms with Crippen LogP contribution in [0.3, 0.4) is 0 Å². The van der Waals surface area contributed by atoms with Crippen LogP contribution in [0.4, 0.5) is 4.79 Å². The zero-order valence-corrected chi connectivity index (χ0v) is 18.4. The Kier molecular flexibility index (Phi) is 4.92. The van der Waals surface area contributed by atoms with Gasteiger partial charge in [-0.05, 0) is 65.9 Å².